The molecule has 0 unspecified atom stereocenters. The number of rotatable bonds is 6. The predicted molar refractivity (Wildman–Crippen MR) is 109 cm³/mol. The molecule has 0 saturated carbocycles. The van der Waals surface area contributed by atoms with E-state index in [4.69, 9.17) is 28.6 Å². The van der Waals surface area contributed by atoms with Crippen molar-refractivity contribution in [2.24, 2.45) is 0 Å². The Morgan fingerprint density at radius 3 is 2.62 bits per heavy atom. The normalized spacial score (nSPS) is 10.4. The van der Waals surface area contributed by atoms with E-state index in [1.807, 2.05) is 48.5 Å². The Morgan fingerprint density at radius 2 is 1.88 bits per heavy atom. The van der Waals surface area contributed by atoms with Crippen molar-refractivity contribution in [2.45, 2.75) is 6.42 Å². The van der Waals surface area contributed by atoms with Gasteiger partial charge in [-0.3, -0.25) is 15.6 Å². The zero-order chi connectivity index (χ0) is 18.8. The second kappa shape index (κ2) is 10.4. The Kier molecular flexibility index (Phi) is 7.92. The number of halogens is 1. The summed E-state index contributed by atoms with van der Waals surface area (Å²) in [4.78, 5) is 11.8. The quantitative estimate of drug-likeness (QED) is 0.402. The molecular formula is C19H20ClN3O2S. The van der Waals surface area contributed by atoms with Gasteiger partial charge >= 0.3 is 0 Å². The molecule has 0 bridgehead atoms. The standard InChI is InChI=1S/C19H20ClN3O2S/c1-25-17-5-3-2-4-15(17)8-11-18(24)22-23-19(26)21-13-12-14-6-9-16(20)10-7-14/h2-11H,12-13H2,1H3,(H,22,24)(H2,21,23,26)/b11-8+. The first-order valence-electron chi connectivity index (χ1n) is 7.98. The fourth-order valence-corrected chi connectivity index (χ4v) is 2.42. The zero-order valence-electron chi connectivity index (χ0n) is 14.3. The van der Waals surface area contributed by atoms with Gasteiger partial charge in [0.25, 0.3) is 5.91 Å². The first kappa shape index (κ1) is 19.8. The monoisotopic (exact) mass is 389 g/mol. The van der Waals surface area contributed by atoms with Gasteiger partial charge in [-0.15, -0.1) is 0 Å². The number of hydrazine groups is 1. The Hall–Kier alpha value is -2.57. The third kappa shape index (κ3) is 6.74. The molecule has 3 N–H and O–H groups in total. The molecule has 1 amide bonds. The number of hydrogen-bond donors (Lipinski definition) is 3. The van der Waals surface area contributed by atoms with E-state index in [9.17, 15) is 4.79 Å². The topological polar surface area (TPSA) is 62.4 Å². The van der Waals surface area contributed by atoms with Crippen LogP contribution < -0.4 is 20.9 Å². The van der Waals surface area contributed by atoms with Crippen molar-refractivity contribution >= 4 is 40.9 Å². The number of benzene rings is 2. The van der Waals surface area contributed by atoms with Gasteiger partial charge in [-0.2, -0.15) is 0 Å². The molecule has 0 atom stereocenters. The highest BCUT2D eigenvalue weighted by molar-refractivity contribution is 7.80. The fraction of sp³-hybridized carbons (Fsp3) is 0.158. The molecule has 0 saturated heterocycles. The van der Waals surface area contributed by atoms with Crippen LogP contribution in [0, 0.1) is 0 Å². The fourth-order valence-electron chi connectivity index (χ4n) is 2.15. The van der Waals surface area contributed by atoms with Crippen LogP contribution in [-0.4, -0.2) is 24.7 Å². The van der Waals surface area contributed by atoms with Gasteiger partial charge in [0.1, 0.15) is 5.75 Å². The van der Waals surface area contributed by atoms with E-state index in [1.165, 1.54) is 6.08 Å². The SMILES string of the molecule is COc1ccccc1/C=C/C(=O)NNC(=S)NCCc1ccc(Cl)cc1. The number of nitrogens with one attached hydrogen (secondary N) is 3. The van der Waals surface area contributed by atoms with Crippen molar-refractivity contribution in [1.29, 1.82) is 0 Å². The van der Waals surface area contributed by atoms with E-state index in [1.54, 1.807) is 13.2 Å². The number of carbonyl (C=O) groups excluding carboxylic acids is 1. The Morgan fingerprint density at radius 1 is 1.15 bits per heavy atom. The Balaban J connectivity index is 1.70. The maximum Gasteiger partial charge on any atom is 0.262 e. The van der Waals surface area contributed by atoms with Crippen molar-refractivity contribution in [2.75, 3.05) is 13.7 Å². The summed E-state index contributed by atoms with van der Waals surface area (Å²) in [5, 5.41) is 4.08. The number of thiocarbonyl (C=S) groups is 1. The Bertz CT molecular complexity index is 779. The second-order valence-electron chi connectivity index (χ2n) is 5.32. The molecule has 0 aliphatic heterocycles. The lowest BCUT2D eigenvalue weighted by molar-refractivity contribution is -0.116. The van der Waals surface area contributed by atoms with Gasteiger partial charge in [0.05, 0.1) is 7.11 Å². The van der Waals surface area contributed by atoms with Crippen molar-refractivity contribution in [3.05, 3.63) is 70.8 Å². The zero-order valence-corrected chi connectivity index (χ0v) is 15.9. The van der Waals surface area contributed by atoms with Gasteiger partial charge < -0.3 is 10.1 Å². The first-order valence-corrected chi connectivity index (χ1v) is 8.76. The average Bonchev–Trinajstić information content (AvgIpc) is 2.66. The number of methoxy groups -OCH3 is 1. The molecule has 136 valence electrons. The van der Waals surface area contributed by atoms with Crippen molar-refractivity contribution < 1.29 is 9.53 Å². The number of carbonyl (C=O) groups is 1. The molecule has 0 spiro atoms. The summed E-state index contributed by atoms with van der Waals surface area (Å²) < 4.78 is 5.23. The minimum absolute atomic E-state index is 0.322. The van der Waals surface area contributed by atoms with Crippen molar-refractivity contribution in [3.63, 3.8) is 0 Å². The van der Waals surface area contributed by atoms with E-state index < -0.39 is 0 Å². The van der Waals surface area contributed by atoms with Gasteiger partial charge in [-0.05, 0) is 48.5 Å². The first-order chi connectivity index (χ1) is 12.6. The third-order valence-corrected chi connectivity index (χ3v) is 3.96. The summed E-state index contributed by atoms with van der Waals surface area (Å²) in [6.45, 7) is 0.639. The summed E-state index contributed by atoms with van der Waals surface area (Å²) in [6.07, 6.45) is 3.87. The van der Waals surface area contributed by atoms with Crippen molar-refractivity contribution in [1.82, 2.24) is 16.2 Å². The van der Waals surface area contributed by atoms with Gasteiger partial charge in [0.15, 0.2) is 5.11 Å². The molecule has 0 aliphatic carbocycles. The van der Waals surface area contributed by atoms with Crippen LogP contribution in [0.15, 0.2) is 54.6 Å². The van der Waals surface area contributed by atoms with Crippen molar-refractivity contribution in [3.8, 4) is 5.75 Å². The van der Waals surface area contributed by atoms with Gasteiger partial charge in [0.2, 0.25) is 0 Å². The van der Waals surface area contributed by atoms with Gasteiger partial charge in [-0.1, -0.05) is 41.9 Å². The largest absolute Gasteiger partial charge is 0.496 e. The van der Waals surface area contributed by atoms with Crippen LogP contribution >= 0.6 is 23.8 Å². The molecule has 0 aromatic heterocycles. The van der Waals surface area contributed by atoms with Crippen LogP contribution in [0.25, 0.3) is 6.08 Å². The lowest BCUT2D eigenvalue weighted by Crippen LogP contribution is -2.46. The molecule has 2 aromatic rings. The molecular weight excluding hydrogens is 370 g/mol. The third-order valence-electron chi connectivity index (χ3n) is 3.46. The molecule has 7 heteroatoms. The number of para-hydroxylation sites is 1. The molecule has 0 heterocycles. The minimum Gasteiger partial charge on any atom is -0.496 e. The average molecular weight is 390 g/mol. The minimum atomic E-state index is -0.322. The second-order valence-corrected chi connectivity index (χ2v) is 6.17. The van der Waals surface area contributed by atoms with Crippen LogP contribution in [0.2, 0.25) is 5.02 Å². The highest BCUT2D eigenvalue weighted by Crippen LogP contribution is 2.18. The van der Waals surface area contributed by atoms with Crippen LogP contribution in [0.1, 0.15) is 11.1 Å². The summed E-state index contributed by atoms with van der Waals surface area (Å²) in [6, 6.07) is 15.1. The summed E-state index contributed by atoms with van der Waals surface area (Å²) in [5.74, 6) is 0.377. The highest BCUT2D eigenvalue weighted by Gasteiger charge is 2.01. The number of ether oxygens (including phenoxy) is 1. The number of hydrogen-bond acceptors (Lipinski definition) is 3. The molecule has 0 radical (unpaired) electrons. The molecule has 2 aromatic carbocycles. The smallest absolute Gasteiger partial charge is 0.262 e. The van der Waals surface area contributed by atoms with Gasteiger partial charge in [0, 0.05) is 23.2 Å². The molecule has 0 aliphatic rings. The lowest BCUT2D eigenvalue weighted by atomic mass is 10.1. The van der Waals surface area contributed by atoms with E-state index in [2.05, 4.69) is 16.2 Å². The number of amides is 1. The summed E-state index contributed by atoms with van der Waals surface area (Å²) in [7, 11) is 1.59. The van der Waals surface area contributed by atoms with E-state index in [-0.39, 0.29) is 5.91 Å². The van der Waals surface area contributed by atoms with E-state index in [0.717, 1.165) is 17.5 Å². The summed E-state index contributed by atoms with van der Waals surface area (Å²) >= 11 is 11.0. The lowest BCUT2D eigenvalue weighted by Gasteiger charge is -2.10. The van der Waals surface area contributed by atoms with Crippen LogP contribution in [0.5, 0.6) is 5.75 Å². The highest BCUT2D eigenvalue weighted by atomic mass is 35.5. The maximum atomic E-state index is 11.8. The maximum absolute atomic E-state index is 11.8. The van der Waals surface area contributed by atoms with E-state index >= 15 is 0 Å². The van der Waals surface area contributed by atoms with Crippen LogP contribution in [-0.2, 0) is 11.2 Å². The predicted octanol–water partition coefficient (Wildman–Crippen LogP) is 3.10. The van der Waals surface area contributed by atoms with Gasteiger partial charge in [-0.25, -0.2) is 0 Å². The van der Waals surface area contributed by atoms with Crippen LogP contribution in [0.4, 0.5) is 0 Å². The summed E-state index contributed by atoms with van der Waals surface area (Å²) in [5.41, 5.74) is 7.13. The Labute approximate surface area is 163 Å². The van der Waals surface area contributed by atoms with E-state index in [0.29, 0.717) is 22.4 Å². The molecule has 2 rings (SSSR count). The molecule has 26 heavy (non-hydrogen) atoms. The molecule has 0 fully saturated rings. The van der Waals surface area contributed by atoms with Crippen LogP contribution in [0.3, 0.4) is 0 Å². The molecule has 5 nitrogen and oxygen atoms in total.